The van der Waals surface area contributed by atoms with E-state index in [0.717, 1.165) is 72.2 Å². The van der Waals surface area contributed by atoms with Crippen LogP contribution in [0.15, 0.2) is 177 Å². The number of pyridine rings is 2. The highest BCUT2D eigenvalue weighted by molar-refractivity contribution is 6.10. The lowest BCUT2D eigenvalue weighted by atomic mass is 10.1. The van der Waals surface area contributed by atoms with Gasteiger partial charge in [0.1, 0.15) is 40.5 Å². The second-order valence-corrected chi connectivity index (χ2v) is 14.0. The number of nitrogens with zero attached hydrogens (tertiary/aromatic N) is 8. The summed E-state index contributed by atoms with van der Waals surface area (Å²) in [7, 11) is 1.95. The van der Waals surface area contributed by atoms with Gasteiger partial charge in [-0.1, -0.05) is 48.5 Å². The number of para-hydroxylation sites is 2. The summed E-state index contributed by atoms with van der Waals surface area (Å²) in [5.74, 6) is 5.39. The van der Waals surface area contributed by atoms with Gasteiger partial charge in [-0.25, -0.2) is 24.9 Å². The first-order chi connectivity index (χ1) is 28.6. The van der Waals surface area contributed by atoms with Gasteiger partial charge in [0.05, 0.1) is 27.6 Å². The van der Waals surface area contributed by atoms with Gasteiger partial charge in [-0.2, -0.15) is 0 Å². The molecule has 0 spiro atoms. The van der Waals surface area contributed by atoms with E-state index in [2.05, 4.69) is 74.8 Å². The van der Waals surface area contributed by atoms with E-state index in [4.69, 9.17) is 29.4 Å². The summed E-state index contributed by atoms with van der Waals surface area (Å²) in [6.45, 7) is 0. The third kappa shape index (κ3) is 5.70. The van der Waals surface area contributed by atoms with Crippen molar-refractivity contribution >= 4 is 43.6 Å². The summed E-state index contributed by atoms with van der Waals surface area (Å²) < 4.78 is 19.7. The van der Waals surface area contributed by atoms with Gasteiger partial charge in [0, 0.05) is 89.5 Å². The molecule has 0 unspecified atom stereocenters. The van der Waals surface area contributed by atoms with Gasteiger partial charge < -0.3 is 14.0 Å². The number of aromatic nitrogens is 8. The molecule has 0 bridgehead atoms. The largest absolute Gasteiger partial charge is 0.457 e. The molecule has 0 radical (unpaired) electrons. The lowest BCUT2D eigenvalue weighted by molar-refractivity contribution is 0.461. The van der Waals surface area contributed by atoms with Crippen LogP contribution in [-0.2, 0) is 7.05 Å². The fourth-order valence-corrected chi connectivity index (χ4v) is 7.82. The van der Waals surface area contributed by atoms with Crippen molar-refractivity contribution in [3.63, 3.8) is 0 Å². The van der Waals surface area contributed by atoms with Crippen LogP contribution in [0.2, 0.25) is 0 Å². The fourth-order valence-electron chi connectivity index (χ4n) is 7.82. The van der Waals surface area contributed by atoms with Crippen molar-refractivity contribution in [2.45, 2.75) is 0 Å². The summed E-state index contributed by atoms with van der Waals surface area (Å²) in [6, 6.07) is 46.6. The Morgan fingerprint density at radius 2 is 0.931 bits per heavy atom. The first-order valence-electron chi connectivity index (χ1n) is 18.8. The minimum Gasteiger partial charge on any atom is -0.457 e. The molecule has 11 aromatic rings. The van der Waals surface area contributed by atoms with E-state index >= 15 is 0 Å². The van der Waals surface area contributed by atoms with Crippen molar-refractivity contribution in [2.75, 3.05) is 0 Å². The number of ether oxygens (including phenoxy) is 2. The highest BCUT2D eigenvalue weighted by atomic mass is 16.5. The van der Waals surface area contributed by atoms with E-state index in [9.17, 15) is 0 Å². The monoisotopic (exact) mass is 752 g/mol. The zero-order chi connectivity index (χ0) is 38.6. The van der Waals surface area contributed by atoms with Gasteiger partial charge in [-0.15, -0.1) is 0 Å². The van der Waals surface area contributed by atoms with Crippen LogP contribution in [0.1, 0.15) is 0 Å². The van der Waals surface area contributed by atoms with Gasteiger partial charge in [0.2, 0.25) is 0 Å². The predicted octanol–water partition coefficient (Wildman–Crippen LogP) is 11.1. The molecule has 0 aliphatic rings. The molecule has 6 heterocycles. The standard InChI is InChI=1S/C48H32N8O2/c1-54-23-22-51-48(54)32-29-52-47(53-30-32)31-24-35(57-33-16-18-39-37-10-2-4-12-41(37)55(43(39)27-33)45-14-6-8-20-49-45)26-36(25-31)58-34-17-19-40-38-11-3-5-13-42(38)56(44(40)28-34)46-15-7-9-21-50-46/h2-30H,1H3. The number of benzene rings is 5. The second kappa shape index (κ2) is 13.6. The third-order valence-electron chi connectivity index (χ3n) is 10.4. The molecule has 276 valence electrons. The molecule has 0 saturated heterocycles. The van der Waals surface area contributed by atoms with Crippen molar-refractivity contribution in [1.29, 1.82) is 0 Å². The highest BCUT2D eigenvalue weighted by Crippen LogP contribution is 2.39. The van der Waals surface area contributed by atoms with Crippen LogP contribution in [0.3, 0.4) is 0 Å². The molecule has 58 heavy (non-hydrogen) atoms. The van der Waals surface area contributed by atoms with Gasteiger partial charge in [0.15, 0.2) is 5.82 Å². The van der Waals surface area contributed by atoms with Crippen molar-refractivity contribution in [1.82, 2.24) is 38.6 Å². The maximum Gasteiger partial charge on any atom is 0.159 e. The van der Waals surface area contributed by atoms with E-state index < -0.39 is 0 Å². The SMILES string of the molecule is Cn1ccnc1-c1cnc(-c2cc(Oc3ccc4c5ccccc5n(-c5ccccn5)c4c3)cc(Oc3ccc4c5ccccc5n(-c5ccccn5)c4c3)c2)nc1. The molecule has 5 aromatic carbocycles. The van der Waals surface area contributed by atoms with Crippen LogP contribution in [-0.4, -0.2) is 38.6 Å². The van der Waals surface area contributed by atoms with Gasteiger partial charge in [-0.3, -0.25) is 9.13 Å². The predicted molar refractivity (Wildman–Crippen MR) is 227 cm³/mol. The molecule has 10 nitrogen and oxygen atoms in total. The van der Waals surface area contributed by atoms with E-state index in [-0.39, 0.29) is 0 Å². The van der Waals surface area contributed by atoms with Gasteiger partial charge in [-0.05, 0) is 72.8 Å². The average Bonchev–Trinajstić information content (AvgIpc) is 3.95. The van der Waals surface area contributed by atoms with Crippen LogP contribution in [0.4, 0.5) is 0 Å². The molecule has 0 amide bonds. The molecule has 0 fully saturated rings. The number of hydrogen-bond donors (Lipinski definition) is 0. The number of fused-ring (bicyclic) bond motifs is 6. The first-order valence-corrected chi connectivity index (χ1v) is 18.8. The summed E-state index contributed by atoms with van der Waals surface area (Å²) in [6.07, 6.45) is 10.8. The topological polar surface area (TPSA) is 97.7 Å². The number of rotatable bonds is 8. The Labute approximate surface area is 331 Å². The van der Waals surface area contributed by atoms with Crippen LogP contribution in [0.25, 0.3) is 78.0 Å². The molecule has 10 heteroatoms. The minimum atomic E-state index is 0.518. The molecule has 0 aliphatic heterocycles. The second-order valence-electron chi connectivity index (χ2n) is 14.0. The normalized spacial score (nSPS) is 11.5. The highest BCUT2D eigenvalue weighted by Gasteiger charge is 2.17. The Morgan fingerprint density at radius 1 is 0.414 bits per heavy atom. The van der Waals surface area contributed by atoms with Crippen LogP contribution >= 0.6 is 0 Å². The first kappa shape index (κ1) is 33.2. The van der Waals surface area contributed by atoms with E-state index in [1.54, 1.807) is 18.6 Å². The molecular weight excluding hydrogens is 721 g/mol. The van der Waals surface area contributed by atoms with Crippen molar-refractivity contribution in [2.24, 2.45) is 7.05 Å². The molecule has 0 N–H and O–H groups in total. The maximum atomic E-state index is 6.70. The Kier molecular flexibility index (Phi) is 7.78. The minimum absolute atomic E-state index is 0.518. The third-order valence-corrected chi connectivity index (χ3v) is 10.4. The van der Waals surface area contributed by atoms with Crippen molar-refractivity contribution in [3.05, 3.63) is 177 Å². The van der Waals surface area contributed by atoms with E-state index in [1.165, 1.54) is 0 Å². The summed E-state index contributed by atoms with van der Waals surface area (Å²) in [5.41, 5.74) is 5.64. The van der Waals surface area contributed by atoms with Crippen LogP contribution in [0, 0.1) is 0 Å². The molecular formula is C48H32N8O2. The lowest BCUT2D eigenvalue weighted by Crippen LogP contribution is -1.97. The smallest absolute Gasteiger partial charge is 0.159 e. The Bertz CT molecular complexity index is 3120. The molecule has 0 saturated carbocycles. The number of hydrogen-bond acceptors (Lipinski definition) is 7. The van der Waals surface area contributed by atoms with Crippen LogP contribution < -0.4 is 9.47 Å². The zero-order valence-electron chi connectivity index (χ0n) is 31.1. The number of imidazole rings is 1. The molecule has 0 aliphatic carbocycles. The van der Waals surface area contributed by atoms with Gasteiger partial charge >= 0.3 is 0 Å². The molecule has 6 aromatic heterocycles. The molecule has 11 rings (SSSR count). The fraction of sp³-hybridized carbons (Fsp3) is 0.0208. The summed E-state index contributed by atoms with van der Waals surface area (Å²) in [5, 5.41) is 4.48. The summed E-state index contributed by atoms with van der Waals surface area (Å²) in [4.78, 5) is 23.4. The number of aryl methyl sites for hydroxylation is 1. The Hall–Kier alpha value is -8.11. The van der Waals surface area contributed by atoms with E-state index in [1.807, 2.05) is 109 Å². The molecule has 0 atom stereocenters. The van der Waals surface area contributed by atoms with Crippen molar-refractivity contribution in [3.8, 4) is 57.4 Å². The summed E-state index contributed by atoms with van der Waals surface area (Å²) >= 11 is 0. The van der Waals surface area contributed by atoms with Crippen LogP contribution in [0.5, 0.6) is 23.0 Å². The Balaban J connectivity index is 1.02. The van der Waals surface area contributed by atoms with E-state index in [0.29, 0.717) is 28.8 Å². The maximum absolute atomic E-state index is 6.70. The van der Waals surface area contributed by atoms with Crippen molar-refractivity contribution < 1.29 is 9.47 Å². The zero-order valence-corrected chi connectivity index (χ0v) is 31.1. The van der Waals surface area contributed by atoms with Gasteiger partial charge in [0.25, 0.3) is 0 Å². The quantitative estimate of drug-likeness (QED) is 0.152. The Morgan fingerprint density at radius 3 is 1.43 bits per heavy atom. The lowest BCUT2D eigenvalue weighted by Gasteiger charge is -2.13. The average molecular weight is 753 g/mol.